The predicted molar refractivity (Wildman–Crippen MR) is 46.3 cm³/mol. The van der Waals surface area contributed by atoms with Crippen LogP contribution in [0.3, 0.4) is 0 Å². The summed E-state index contributed by atoms with van der Waals surface area (Å²) < 4.78 is 5.31. The van der Waals surface area contributed by atoms with Crippen LogP contribution in [0.25, 0.3) is 0 Å². The molecular formula is C9H10N2O2. The van der Waals surface area contributed by atoms with Gasteiger partial charge in [-0.05, 0) is 13.0 Å². The van der Waals surface area contributed by atoms with E-state index in [-0.39, 0.29) is 5.91 Å². The van der Waals surface area contributed by atoms with Gasteiger partial charge in [-0.3, -0.25) is 9.78 Å². The summed E-state index contributed by atoms with van der Waals surface area (Å²) in [5.74, 6) is 0.293. The zero-order valence-corrected chi connectivity index (χ0v) is 7.28. The molecule has 1 amide bonds. The third kappa shape index (κ3) is 0.983. The summed E-state index contributed by atoms with van der Waals surface area (Å²) in [5, 5.41) is 0. The van der Waals surface area contributed by atoms with Gasteiger partial charge in [-0.15, -0.1) is 0 Å². The summed E-state index contributed by atoms with van der Waals surface area (Å²) in [6, 6.07) is 1.77. The number of carbonyl (C=O) groups excluding carboxylic acids is 1. The molecule has 1 aromatic rings. The summed E-state index contributed by atoms with van der Waals surface area (Å²) in [6.45, 7) is 2.09. The Labute approximate surface area is 75.7 Å². The molecule has 0 bridgehead atoms. The molecule has 68 valence electrons. The maximum Gasteiger partial charge on any atom is 0.231 e. The van der Waals surface area contributed by atoms with Crippen LogP contribution in [0.15, 0.2) is 18.5 Å². The lowest BCUT2D eigenvalue weighted by molar-refractivity contribution is -0.123. The highest BCUT2D eigenvalue weighted by atomic mass is 16.5. The Bertz CT molecular complexity index is 364. The number of ether oxygens (including phenoxy) is 1. The molecule has 0 fully saturated rings. The van der Waals surface area contributed by atoms with Gasteiger partial charge in [-0.25, -0.2) is 0 Å². The summed E-state index contributed by atoms with van der Waals surface area (Å²) >= 11 is 0. The van der Waals surface area contributed by atoms with Crippen LogP contribution in [0.5, 0.6) is 5.75 Å². The van der Waals surface area contributed by atoms with E-state index in [1.165, 1.54) is 0 Å². The van der Waals surface area contributed by atoms with Gasteiger partial charge in [0, 0.05) is 11.8 Å². The van der Waals surface area contributed by atoms with Crippen molar-refractivity contribution in [2.45, 2.75) is 12.3 Å². The zero-order valence-electron chi connectivity index (χ0n) is 7.28. The second kappa shape index (κ2) is 2.45. The first kappa shape index (κ1) is 8.04. The average Bonchev–Trinajstić information content (AvgIpc) is 2.47. The summed E-state index contributed by atoms with van der Waals surface area (Å²) in [6.07, 6.45) is 3.23. The van der Waals surface area contributed by atoms with Gasteiger partial charge >= 0.3 is 0 Å². The van der Waals surface area contributed by atoms with E-state index >= 15 is 0 Å². The second-order valence-electron chi connectivity index (χ2n) is 3.36. The normalized spacial score (nSPS) is 25.0. The maximum atomic E-state index is 11.2. The minimum absolute atomic E-state index is 0.309. The summed E-state index contributed by atoms with van der Waals surface area (Å²) in [5.41, 5.74) is 5.44. The standard InChI is InChI=1S/C9H10N2O2/c1-9(8(10)12)5-13-7-4-11-3-2-6(7)9/h2-4H,5H2,1H3,(H2,10,12). The van der Waals surface area contributed by atoms with E-state index in [0.29, 0.717) is 12.4 Å². The molecule has 0 aliphatic carbocycles. The third-order valence-corrected chi connectivity index (χ3v) is 2.44. The summed E-state index contributed by atoms with van der Waals surface area (Å²) in [4.78, 5) is 15.1. The zero-order chi connectivity index (χ0) is 9.47. The molecule has 4 nitrogen and oxygen atoms in total. The minimum Gasteiger partial charge on any atom is -0.490 e. The van der Waals surface area contributed by atoms with Crippen LogP contribution in [0.4, 0.5) is 0 Å². The van der Waals surface area contributed by atoms with Gasteiger partial charge in [0.1, 0.15) is 17.8 Å². The molecule has 0 saturated heterocycles. The first-order chi connectivity index (χ1) is 6.14. The van der Waals surface area contributed by atoms with Gasteiger partial charge in [0.25, 0.3) is 0 Å². The van der Waals surface area contributed by atoms with E-state index in [0.717, 1.165) is 5.56 Å². The van der Waals surface area contributed by atoms with Gasteiger partial charge in [-0.1, -0.05) is 0 Å². The Balaban J connectivity index is 2.55. The lowest BCUT2D eigenvalue weighted by atomic mass is 9.84. The van der Waals surface area contributed by atoms with E-state index in [2.05, 4.69) is 4.98 Å². The number of carbonyl (C=O) groups is 1. The van der Waals surface area contributed by atoms with Crippen molar-refractivity contribution < 1.29 is 9.53 Å². The second-order valence-corrected chi connectivity index (χ2v) is 3.36. The van der Waals surface area contributed by atoms with Crippen LogP contribution in [0.2, 0.25) is 0 Å². The fraction of sp³-hybridized carbons (Fsp3) is 0.333. The number of amides is 1. The number of nitrogens with two attached hydrogens (primary N) is 1. The molecule has 1 atom stereocenters. The number of rotatable bonds is 1. The van der Waals surface area contributed by atoms with Crippen molar-refractivity contribution in [1.82, 2.24) is 4.98 Å². The fourth-order valence-corrected chi connectivity index (χ4v) is 1.45. The first-order valence-corrected chi connectivity index (χ1v) is 4.02. The number of pyridine rings is 1. The molecule has 1 aromatic heterocycles. The Hall–Kier alpha value is -1.58. The van der Waals surface area contributed by atoms with E-state index in [4.69, 9.17) is 10.5 Å². The molecule has 2 rings (SSSR count). The van der Waals surface area contributed by atoms with E-state index < -0.39 is 5.41 Å². The summed E-state index contributed by atoms with van der Waals surface area (Å²) in [7, 11) is 0. The molecule has 13 heavy (non-hydrogen) atoms. The van der Waals surface area contributed by atoms with Gasteiger partial charge < -0.3 is 10.5 Å². The van der Waals surface area contributed by atoms with Crippen molar-refractivity contribution in [3.8, 4) is 5.75 Å². The lowest BCUT2D eigenvalue weighted by Gasteiger charge is -2.16. The Morgan fingerprint density at radius 3 is 3.23 bits per heavy atom. The van der Waals surface area contributed by atoms with Crippen molar-refractivity contribution in [2.75, 3.05) is 6.61 Å². The molecular weight excluding hydrogens is 168 g/mol. The Morgan fingerprint density at radius 2 is 2.54 bits per heavy atom. The molecule has 2 N–H and O–H groups in total. The predicted octanol–water partition coefficient (Wildman–Crippen LogP) is 0.217. The number of fused-ring (bicyclic) bond motifs is 1. The third-order valence-electron chi connectivity index (χ3n) is 2.44. The first-order valence-electron chi connectivity index (χ1n) is 4.02. The van der Waals surface area contributed by atoms with Gasteiger partial charge in [0.2, 0.25) is 5.91 Å². The van der Waals surface area contributed by atoms with E-state index in [9.17, 15) is 4.79 Å². The molecule has 0 radical (unpaired) electrons. The molecule has 0 spiro atoms. The molecule has 1 unspecified atom stereocenters. The van der Waals surface area contributed by atoms with Crippen LogP contribution in [0.1, 0.15) is 12.5 Å². The fourth-order valence-electron chi connectivity index (χ4n) is 1.45. The van der Waals surface area contributed by atoms with Crippen LogP contribution < -0.4 is 10.5 Å². The van der Waals surface area contributed by atoms with Crippen molar-refractivity contribution in [1.29, 1.82) is 0 Å². The number of primary amides is 1. The smallest absolute Gasteiger partial charge is 0.231 e. The van der Waals surface area contributed by atoms with E-state index in [1.807, 2.05) is 0 Å². The maximum absolute atomic E-state index is 11.2. The molecule has 0 aromatic carbocycles. The highest BCUT2D eigenvalue weighted by molar-refractivity contribution is 5.88. The van der Waals surface area contributed by atoms with E-state index in [1.54, 1.807) is 25.4 Å². The van der Waals surface area contributed by atoms with Gasteiger partial charge in [0.05, 0.1) is 6.20 Å². The van der Waals surface area contributed by atoms with Gasteiger partial charge in [0.15, 0.2) is 0 Å². The number of aromatic nitrogens is 1. The van der Waals surface area contributed by atoms with Crippen LogP contribution >= 0.6 is 0 Å². The minimum atomic E-state index is -0.696. The quantitative estimate of drug-likeness (QED) is 0.668. The lowest BCUT2D eigenvalue weighted by Crippen LogP contribution is -2.39. The molecule has 0 saturated carbocycles. The molecule has 1 aliphatic heterocycles. The Kier molecular flexibility index (Phi) is 1.52. The molecule has 1 aliphatic rings. The molecule has 2 heterocycles. The van der Waals surface area contributed by atoms with Crippen molar-refractivity contribution in [2.24, 2.45) is 5.73 Å². The van der Waals surface area contributed by atoms with Crippen LogP contribution in [-0.4, -0.2) is 17.5 Å². The number of hydrogen-bond acceptors (Lipinski definition) is 3. The monoisotopic (exact) mass is 178 g/mol. The SMILES string of the molecule is CC1(C(N)=O)COc2cnccc21. The van der Waals surface area contributed by atoms with Gasteiger partial charge in [-0.2, -0.15) is 0 Å². The van der Waals surface area contributed by atoms with Crippen molar-refractivity contribution >= 4 is 5.91 Å². The topological polar surface area (TPSA) is 65.2 Å². The number of hydrogen-bond donors (Lipinski definition) is 1. The number of nitrogens with zero attached hydrogens (tertiary/aromatic N) is 1. The highest BCUT2D eigenvalue weighted by Crippen LogP contribution is 2.37. The van der Waals surface area contributed by atoms with Crippen LogP contribution in [-0.2, 0) is 10.2 Å². The highest BCUT2D eigenvalue weighted by Gasteiger charge is 2.41. The Morgan fingerprint density at radius 1 is 1.77 bits per heavy atom. The van der Waals surface area contributed by atoms with Crippen molar-refractivity contribution in [3.63, 3.8) is 0 Å². The van der Waals surface area contributed by atoms with Crippen LogP contribution in [0, 0.1) is 0 Å². The largest absolute Gasteiger partial charge is 0.490 e. The van der Waals surface area contributed by atoms with Crippen molar-refractivity contribution in [3.05, 3.63) is 24.0 Å². The molecule has 4 heteroatoms. The average molecular weight is 178 g/mol.